The molecule has 0 radical (unpaired) electrons. The Bertz CT molecular complexity index is 1110. The molecular formula is C26H35N7O3. The Balaban J connectivity index is 1.38. The van der Waals surface area contributed by atoms with Crippen LogP contribution >= 0.6 is 0 Å². The molecule has 3 aliphatic rings. The number of carbonyl (C=O) groups excluding carboxylic acids is 2. The molecule has 36 heavy (non-hydrogen) atoms. The molecular weight excluding hydrogens is 458 g/mol. The second kappa shape index (κ2) is 10.7. The van der Waals surface area contributed by atoms with Crippen molar-refractivity contribution in [3.63, 3.8) is 0 Å². The Labute approximate surface area is 211 Å². The molecule has 2 fully saturated rings. The summed E-state index contributed by atoms with van der Waals surface area (Å²) >= 11 is 0. The van der Waals surface area contributed by atoms with Crippen LogP contribution in [0.1, 0.15) is 55.3 Å². The van der Waals surface area contributed by atoms with Crippen molar-refractivity contribution < 1.29 is 14.3 Å². The number of carbonyl (C=O) groups is 2. The predicted octanol–water partition coefficient (Wildman–Crippen LogP) is 2.83. The van der Waals surface area contributed by atoms with Gasteiger partial charge in [-0.25, -0.2) is 4.98 Å². The molecule has 2 amide bonds. The van der Waals surface area contributed by atoms with Gasteiger partial charge in [-0.2, -0.15) is 4.98 Å². The summed E-state index contributed by atoms with van der Waals surface area (Å²) in [5.74, 6) is 1.69. The van der Waals surface area contributed by atoms with E-state index in [2.05, 4.69) is 25.8 Å². The number of amides is 2. The highest BCUT2D eigenvalue weighted by Gasteiger charge is 2.31. The lowest BCUT2D eigenvalue weighted by Crippen LogP contribution is -2.45. The summed E-state index contributed by atoms with van der Waals surface area (Å²) < 4.78 is 5.59. The zero-order valence-corrected chi connectivity index (χ0v) is 21.0. The van der Waals surface area contributed by atoms with Gasteiger partial charge in [-0.1, -0.05) is 12.8 Å². The number of nitrogens with zero attached hydrogens (tertiary/aromatic N) is 4. The van der Waals surface area contributed by atoms with Crippen molar-refractivity contribution in [1.29, 1.82) is 0 Å². The molecule has 10 heteroatoms. The molecule has 10 nitrogen and oxygen atoms in total. The monoisotopic (exact) mass is 493 g/mol. The van der Waals surface area contributed by atoms with Gasteiger partial charge in [0.25, 0.3) is 5.91 Å². The van der Waals surface area contributed by atoms with Gasteiger partial charge < -0.3 is 30.5 Å². The van der Waals surface area contributed by atoms with E-state index in [0.717, 1.165) is 50.3 Å². The zero-order valence-electron chi connectivity index (χ0n) is 21.0. The number of benzene rings is 1. The van der Waals surface area contributed by atoms with Gasteiger partial charge in [0.15, 0.2) is 5.82 Å². The normalized spacial score (nSPS) is 20.6. The summed E-state index contributed by atoms with van der Waals surface area (Å²) in [6.07, 6.45) is 8.82. The fourth-order valence-corrected chi connectivity index (χ4v) is 5.37. The highest BCUT2D eigenvalue weighted by atomic mass is 16.5. The topological polar surface area (TPSA) is 112 Å². The molecule has 1 aliphatic carbocycles. The second-order valence-electron chi connectivity index (χ2n) is 9.79. The number of piperidine rings is 1. The first-order valence-corrected chi connectivity index (χ1v) is 12.9. The van der Waals surface area contributed by atoms with E-state index in [1.165, 1.54) is 12.8 Å². The van der Waals surface area contributed by atoms with E-state index in [1.807, 2.05) is 6.07 Å². The highest BCUT2D eigenvalue weighted by Crippen LogP contribution is 2.37. The van der Waals surface area contributed by atoms with E-state index in [4.69, 9.17) is 9.72 Å². The fraction of sp³-hybridized carbons (Fsp3) is 0.538. The molecule has 1 unspecified atom stereocenters. The third kappa shape index (κ3) is 5.09. The summed E-state index contributed by atoms with van der Waals surface area (Å²) in [6, 6.07) is 5.84. The second-order valence-corrected chi connectivity index (χ2v) is 9.79. The van der Waals surface area contributed by atoms with Crippen LogP contribution in [0, 0.1) is 0 Å². The maximum absolute atomic E-state index is 12.8. The molecule has 3 heterocycles. The van der Waals surface area contributed by atoms with E-state index in [-0.39, 0.29) is 17.9 Å². The molecule has 2 aromatic rings. The molecule has 0 spiro atoms. The van der Waals surface area contributed by atoms with Crippen LogP contribution in [0.5, 0.6) is 5.75 Å². The average Bonchev–Trinajstić information content (AvgIpc) is 3.40. The Morgan fingerprint density at radius 1 is 1.19 bits per heavy atom. The molecule has 192 valence electrons. The first-order valence-electron chi connectivity index (χ1n) is 12.9. The van der Waals surface area contributed by atoms with Gasteiger partial charge in [-0.3, -0.25) is 9.59 Å². The average molecular weight is 494 g/mol. The molecule has 3 N–H and O–H groups in total. The third-order valence-corrected chi connectivity index (χ3v) is 7.43. The van der Waals surface area contributed by atoms with Crippen molar-refractivity contribution in [2.75, 3.05) is 48.9 Å². The van der Waals surface area contributed by atoms with Gasteiger partial charge in [0.2, 0.25) is 11.9 Å². The van der Waals surface area contributed by atoms with E-state index >= 15 is 0 Å². The maximum atomic E-state index is 12.8. The minimum absolute atomic E-state index is 0.0700. The van der Waals surface area contributed by atoms with Crippen LogP contribution in [-0.4, -0.2) is 67.7 Å². The van der Waals surface area contributed by atoms with Gasteiger partial charge in [-0.15, -0.1) is 0 Å². The number of nitrogens with one attached hydrogen (secondary N) is 3. The number of hydrogen-bond donors (Lipinski definition) is 3. The van der Waals surface area contributed by atoms with Crippen molar-refractivity contribution in [2.45, 2.75) is 57.0 Å². The minimum Gasteiger partial charge on any atom is -0.495 e. The quantitative estimate of drug-likeness (QED) is 0.563. The van der Waals surface area contributed by atoms with Crippen LogP contribution in [-0.2, 0) is 4.79 Å². The van der Waals surface area contributed by atoms with E-state index in [9.17, 15) is 9.59 Å². The number of methoxy groups -OCH3 is 1. The van der Waals surface area contributed by atoms with Crippen molar-refractivity contribution in [2.24, 2.45) is 0 Å². The van der Waals surface area contributed by atoms with Gasteiger partial charge >= 0.3 is 0 Å². The first-order chi connectivity index (χ1) is 17.5. The van der Waals surface area contributed by atoms with Crippen LogP contribution in [0.25, 0.3) is 0 Å². The first kappa shape index (κ1) is 24.3. The highest BCUT2D eigenvalue weighted by molar-refractivity contribution is 5.97. The smallest absolute Gasteiger partial charge is 0.251 e. The molecule has 1 saturated carbocycles. The molecule has 0 bridgehead atoms. The predicted molar refractivity (Wildman–Crippen MR) is 139 cm³/mol. The van der Waals surface area contributed by atoms with Crippen LogP contribution in [0.15, 0.2) is 24.4 Å². The van der Waals surface area contributed by atoms with Crippen molar-refractivity contribution in [3.8, 4) is 5.75 Å². The summed E-state index contributed by atoms with van der Waals surface area (Å²) in [7, 11) is 3.36. The summed E-state index contributed by atoms with van der Waals surface area (Å²) in [6.45, 7) is 2.44. The van der Waals surface area contributed by atoms with Crippen LogP contribution in [0.2, 0.25) is 0 Å². The summed E-state index contributed by atoms with van der Waals surface area (Å²) in [5.41, 5.74) is 1.93. The third-order valence-electron chi connectivity index (χ3n) is 7.43. The lowest BCUT2D eigenvalue weighted by molar-refractivity contribution is -0.118. The van der Waals surface area contributed by atoms with Crippen molar-refractivity contribution in [1.82, 2.24) is 20.6 Å². The summed E-state index contributed by atoms with van der Waals surface area (Å²) in [5, 5.41) is 9.67. The molecule has 1 aromatic heterocycles. The van der Waals surface area contributed by atoms with E-state index in [0.29, 0.717) is 42.0 Å². The Hall–Kier alpha value is -3.40. The number of aromatic nitrogens is 2. The van der Waals surface area contributed by atoms with E-state index in [1.54, 1.807) is 37.4 Å². The van der Waals surface area contributed by atoms with Crippen LogP contribution in [0.4, 0.5) is 23.1 Å². The molecule has 2 aliphatic heterocycles. The van der Waals surface area contributed by atoms with Gasteiger partial charge in [0.05, 0.1) is 19.0 Å². The maximum Gasteiger partial charge on any atom is 0.251 e. The lowest BCUT2D eigenvalue weighted by atomic mass is 10.1. The number of fused-ring (bicyclic) bond motifs is 1. The number of anilines is 4. The lowest BCUT2D eigenvalue weighted by Gasteiger charge is -2.30. The fourth-order valence-electron chi connectivity index (χ4n) is 5.37. The molecule has 1 aromatic carbocycles. The SMILES string of the molecule is COc1cc(C(=O)NC2CCCNC2)ccc1Nc1ncc2c(n1)N(C1CCCC1)CCC(=O)N2C. The van der Waals surface area contributed by atoms with Gasteiger partial charge in [-0.05, 0) is 50.4 Å². The summed E-state index contributed by atoms with van der Waals surface area (Å²) in [4.78, 5) is 38.7. The Morgan fingerprint density at radius 2 is 2.03 bits per heavy atom. The largest absolute Gasteiger partial charge is 0.495 e. The minimum atomic E-state index is -0.116. The zero-order chi connectivity index (χ0) is 25.1. The van der Waals surface area contributed by atoms with Crippen molar-refractivity contribution in [3.05, 3.63) is 30.0 Å². The standard InChI is InChI=1S/C26H35N7O3/c1-32-21-16-28-26(31-24(21)33(13-11-23(32)34)19-7-3-4-8-19)30-20-10-9-17(14-22(20)36-2)25(35)29-18-6-5-12-27-15-18/h9-10,14,16,18-19,27H,3-8,11-13,15H2,1-2H3,(H,29,35)(H,28,30,31). The van der Waals surface area contributed by atoms with Crippen molar-refractivity contribution >= 4 is 35.0 Å². The Kier molecular flexibility index (Phi) is 7.22. The molecule has 1 saturated heterocycles. The Morgan fingerprint density at radius 3 is 2.78 bits per heavy atom. The van der Waals surface area contributed by atoms with Crippen LogP contribution in [0.3, 0.4) is 0 Å². The van der Waals surface area contributed by atoms with E-state index < -0.39 is 0 Å². The number of hydrogen-bond acceptors (Lipinski definition) is 8. The number of rotatable bonds is 6. The van der Waals surface area contributed by atoms with Gasteiger partial charge in [0.1, 0.15) is 11.4 Å². The molecule has 1 atom stereocenters. The van der Waals surface area contributed by atoms with Crippen LogP contribution < -0.4 is 30.5 Å². The van der Waals surface area contributed by atoms with Gasteiger partial charge in [0, 0.05) is 44.2 Å². The molecule has 5 rings (SSSR count). The number of ether oxygens (including phenoxy) is 1.